The van der Waals surface area contributed by atoms with Crippen LogP contribution in [-0.4, -0.2) is 24.7 Å². The fourth-order valence-electron chi connectivity index (χ4n) is 1.46. The molecule has 0 amide bonds. The van der Waals surface area contributed by atoms with E-state index in [-0.39, 0.29) is 5.28 Å². The van der Waals surface area contributed by atoms with Gasteiger partial charge in [0.15, 0.2) is 11.5 Å². The molecule has 0 aliphatic heterocycles. The minimum atomic E-state index is 0.174. The zero-order chi connectivity index (χ0) is 11.8. The van der Waals surface area contributed by atoms with Gasteiger partial charge in [0.05, 0.1) is 16.6 Å². The molecule has 3 heterocycles. The van der Waals surface area contributed by atoms with Gasteiger partial charge >= 0.3 is 0 Å². The summed E-state index contributed by atoms with van der Waals surface area (Å²) >= 11 is 11.5. The average molecular weight is 266 g/mol. The highest BCUT2D eigenvalue weighted by atomic mass is 35.5. The first-order valence-corrected chi connectivity index (χ1v) is 5.48. The van der Waals surface area contributed by atoms with Gasteiger partial charge in [0.2, 0.25) is 5.28 Å². The number of hydrogen-bond donors (Lipinski definition) is 0. The lowest BCUT2D eigenvalue weighted by Crippen LogP contribution is -2.00. The Morgan fingerprint density at radius 3 is 2.65 bits per heavy atom. The number of rotatable bonds is 1. The van der Waals surface area contributed by atoms with Crippen molar-refractivity contribution in [3.8, 4) is 5.82 Å². The third-order valence-electron chi connectivity index (χ3n) is 2.21. The molecule has 3 aromatic heterocycles. The molecule has 0 fully saturated rings. The molecule has 0 unspecified atom stereocenters. The summed E-state index contributed by atoms with van der Waals surface area (Å²) in [6.07, 6.45) is 4.82. The molecule has 0 saturated carbocycles. The highest BCUT2D eigenvalue weighted by Crippen LogP contribution is 2.16. The van der Waals surface area contributed by atoms with Crippen LogP contribution in [0.4, 0.5) is 0 Å². The van der Waals surface area contributed by atoms with Crippen molar-refractivity contribution in [2.75, 3.05) is 0 Å². The maximum Gasteiger partial charge on any atom is 0.224 e. The molecular formula is C10H5Cl2N5. The molecule has 0 aromatic carbocycles. The number of hydrogen-bond acceptors (Lipinski definition) is 4. The van der Waals surface area contributed by atoms with Crippen molar-refractivity contribution in [3.63, 3.8) is 0 Å². The lowest BCUT2D eigenvalue weighted by molar-refractivity contribution is 0.861. The van der Waals surface area contributed by atoms with Crippen LogP contribution in [0, 0.1) is 0 Å². The molecule has 0 aliphatic rings. The van der Waals surface area contributed by atoms with Crippen LogP contribution in [0.1, 0.15) is 0 Å². The Hall–Kier alpha value is -1.72. The minimum absolute atomic E-state index is 0.174. The molecule has 84 valence electrons. The van der Waals surface area contributed by atoms with Crippen molar-refractivity contribution in [1.82, 2.24) is 24.7 Å². The van der Waals surface area contributed by atoms with Crippen molar-refractivity contribution in [2.45, 2.75) is 0 Å². The molecule has 5 nitrogen and oxygen atoms in total. The molecule has 0 radical (unpaired) electrons. The second-order valence-electron chi connectivity index (χ2n) is 3.31. The van der Waals surface area contributed by atoms with Crippen molar-refractivity contribution < 1.29 is 0 Å². The van der Waals surface area contributed by atoms with Gasteiger partial charge in [0, 0.05) is 12.4 Å². The van der Waals surface area contributed by atoms with Crippen molar-refractivity contribution in [2.24, 2.45) is 0 Å². The SMILES string of the molecule is Clc1ccc(-n2ncc3cnc(Cl)nc32)nc1. The zero-order valence-corrected chi connectivity index (χ0v) is 9.89. The predicted molar refractivity (Wildman–Crippen MR) is 64.5 cm³/mol. The number of nitrogens with zero attached hydrogens (tertiary/aromatic N) is 5. The minimum Gasteiger partial charge on any atom is -0.235 e. The molecule has 3 rings (SSSR count). The fourth-order valence-corrected chi connectivity index (χ4v) is 1.70. The summed E-state index contributed by atoms with van der Waals surface area (Å²) in [5.74, 6) is 0.624. The van der Waals surface area contributed by atoms with Gasteiger partial charge in [-0.15, -0.1) is 0 Å². The summed E-state index contributed by atoms with van der Waals surface area (Å²) in [5.41, 5.74) is 0.611. The molecule has 17 heavy (non-hydrogen) atoms. The first-order valence-electron chi connectivity index (χ1n) is 4.72. The summed E-state index contributed by atoms with van der Waals surface area (Å²) in [4.78, 5) is 12.2. The Morgan fingerprint density at radius 1 is 1.00 bits per heavy atom. The summed E-state index contributed by atoms with van der Waals surface area (Å²) in [6.45, 7) is 0. The van der Waals surface area contributed by atoms with E-state index in [9.17, 15) is 0 Å². The Labute approximate surface area is 106 Å². The topological polar surface area (TPSA) is 56.5 Å². The van der Waals surface area contributed by atoms with Crippen LogP contribution in [0.3, 0.4) is 0 Å². The maximum absolute atomic E-state index is 5.78. The molecule has 0 aliphatic carbocycles. The molecule has 7 heteroatoms. The predicted octanol–water partition coefficient (Wildman–Crippen LogP) is 2.52. The molecule has 3 aromatic rings. The van der Waals surface area contributed by atoms with E-state index in [2.05, 4.69) is 20.1 Å². The van der Waals surface area contributed by atoms with Gasteiger partial charge in [-0.1, -0.05) is 11.6 Å². The molecule has 0 saturated heterocycles. The third kappa shape index (κ3) is 1.83. The van der Waals surface area contributed by atoms with Crippen LogP contribution in [0.2, 0.25) is 10.3 Å². The summed E-state index contributed by atoms with van der Waals surface area (Å²) in [5, 5.41) is 5.73. The van der Waals surface area contributed by atoms with Crippen LogP contribution >= 0.6 is 23.2 Å². The summed E-state index contributed by atoms with van der Waals surface area (Å²) in [6, 6.07) is 3.49. The van der Waals surface area contributed by atoms with Gasteiger partial charge in [-0.05, 0) is 23.7 Å². The molecule has 0 N–H and O–H groups in total. The highest BCUT2D eigenvalue weighted by molar-refractivity contribution is 6.30. The standard InChI is InChI=1S/C10H5Cl2N5/c11-7-1-2-8(13-5-7)17-9-6(4-15-17)3-14-10(12)16-9/h1-5H. The van der Waals surface area contributed by atoms with E-state index in [4.69, 9.17) is 23.2 Å². The van der Waals surface area contributed by atoms with E-state index in [0.29, 0.717) is 16.5 Å². The van der Waals surface area contributed by atoms with Gasteiger partial charge in [0.25, 0.3) is 0 Å². The average Bonchev–Trinajstić information content (AvgIpc) is 2.73. The number of fused-ring (bicyclic) bond motifs is 1. The second-order valence-corrected chi connectivity index (χ2v) is 4.08. The van der Waals surface area contributed by atoms with Crippen molar-refractivity contribution in [1.29, 1.82) is 0 Å². The van der Waals surface area contributed by atoms with E-state index < -0.39 is 0 Å². The quantitative estimate of drug-likeness (QED) is 0.635. The van der Waals surface area contributed by atoms with E-state index in [1.165, 1.54) is 0 Å². The number of pyridine rings is 1. The fraction of sp³-hybridized carbons (Fsp3) is 0. The van der Waals surface area contributed by atoms with Crippen LogP contribution in [-0.2, 0) is 0 Å². The van der Waals surface area contributed by atoms with E-state index in [1.54, 1.807) is 35.4 Å². The van der Waals surface area contributed by atoms with Gasteiger partial charge < -0.3 is 0 Å². The summed E-state index contributed by atoms with van der Waals surface area (Å²) < 4.78 is 1.58. The van der Waals surface area contributed by atoms with Crippen molar-refractivity contribution in [3.05, 3.63) is 41.0 Å². The Kier molecular flexibility index (Phi) is 2.42. The molecule has 0 spiro atoms. The smallest absolute Gasteiger partial charge is 0.224 e. The van der Waals surface area contributed by atoms with E-state index >= 15 is 0 Å². The molecule has 0 atom stereocenters. The van der Waals surface area contributed by atoms with Gasteiger partial charge in [-0.2, -0.15) is 14.8 Å². The van der Waals surface area contributed by atoms with Gasteiger partial charge in [0.1, 0.15) is 0 Å². The maximum atomic E-state index is 5.78. The van der Waals surface area contributed by atoms with E-state index in [0.717, 1.165) is 5.39 Å². The number of halogens is 2. The van der Waals surface area contributed by atoms with Gasteiger partial charge in [-0.25, -0.2) is 9.97 Å². The van der Waals surface area contributed by atoms with Crippen LogP contribution in [0.5, 0.6) is 0 Å². The lowest BCUT2D eigenvalue weighted by atomic mass is 10.4. The largest absolute Gasteiger partial charge is 0.235 e. The van der Waals surface area contributed by atoms with E-state index in [1.807, 2.05) is 0 Å². The number of aromatic nitrogens is 5. The lowest BCUT2D eigenvalue weighted by Gasteiger charge is -2.01. The van der Waals surface area contributed by atoms with Crippen LogP contribution < -0.4 is 0 Å². The second kappa shape index (κ2) is 3.94. The monoisotopic (exact) mass is 265 g/mol. The Bertz CT molecular complexity index is 677. The van der Waals surface area contributed by atoms with Crippen molar-refractivity contribution >= 4 is 34.2 Å². The normalized spacial score (nSPS) is 10.9. The van der Waals surface area contributed by atoms with Gasteiger partial charge in [-0.3, -0.25) is 0 Å². The summed E-state index contributed by atoms with van der Waals surface area (Å²) in [7, 11) is 0. The zero-order valence-electron chi connectivity index (χ0n) is 8.38. The van der Waals surface area contributed by atoms with Crippen LogP contribution in [0.25, 0.3) is 16.9 Å². The first-order chi connectivity index (χ1) is 8.24. The van der Waals surface area contributed by atoms with Crippen LogP contribution in [0.15, 0.2) is 30.7 Å². The molecule has 0 bridgehead atoms. The Morgan fingerprint density at radius 2 is 1.88 bits per heavy atom. The Balaban J connectivity index is 2.23. The highest BCUT2D eigenvalue weighted by Gasteiger charge is 2.08. The third-order valence-corrected chi connectivity index (χ3v) is 2.61. The molecular weight excluding hydrogens is 261 g/mol. The first kappa shape index (κ1) is 10.4.